The summed E-state index contributed by atoms with van der Waals surface area (Å²) in [7, 11) is 0. The first-order valence-corrected chi connectivity index (χ1v) is 10.5. The summed E-state index contributed by atoms with van der Waals surface area (Å²) in [6.45, 7) is 1.71. The van der Waals surface area contributed by atoms with Crippen molar-refractivity contribution in [3.63, 3.8) is 0 Å². The monoisotopic (exact) mass is 497 g/mol. The molecule has 1 heterocycles. The highest BCUT2D eigenvalue weighted by atomic mass is 32.2. The largest absolute Gasteiger partial charge is 0.489 e. The van der Waals surface area contributed by atoms with Crippen LogP contribution < -0.4 is 8.92 Å². The van der Waals surface area contributed by atoms with Crippen LogP contribution in [-0.4, -0.2) is 15.7 Å². The predicted octanol–water partition coefficient (Wildman–Crippen LogP) is 5.52. The minimum atomic E-state index is -2.69. The van der Waals surface area contributed by atoms with Gasteiger partial charge in [-0.05, 0) is 42.3 Å². The van der Waals surface area contributed by atoms with E-state index in [4.69, 9.17) is 4.74 Å². The molecule has 1 unspecified atom stereocenters. The van der Waals surface area contributed by atoms with Gasteiger partial charge in [-0.2, -0.15) is 8.78 Å². The molecular formula is C22H12F5NO5S. The highest BCUT2D eigenvalue weighted by molar-refractivity contribution is 7.80. The fourth-order valence-electron chi connectivity index (χ4n) is 3.33. The molecule has 0 spiro atoms. The number of fused-ring (bicyclic) bond motifs is 1. The van der Waals surface area contributed by atoms with Crippen LogP contribution in [0, 0.1) is 46.1 Å². The van der Waals surface area contributed by atoms with Crippen molar-refractivity contribution in [2.45, 2.75) is 11.8 Å². The Morgan fingerprint density at radius 3 is 2.21 bits per heavy atom. The lowest BCUT2D eigenvalue weighted by molar-refractivity contribution is -0.385. The average molecular weight is 497 g/mol. The quantitative estimate of drug-likeness (QED) is 0.152. The van der Waals surface area contributed by atoms with E-state index in [0.717, 1.165) is 0 Å². The van der Waals surface area contributed by atoms with Crippen LogP contribution in [0.15, 0.2) is 47.4 Å². The molecule has 0 radical (unpaired) electrons. The highest BCUT2D eigenvalue weighted by Gasteiger charge is 2.29. The summed E-state index contributed by atoms with van der Waals surface area (Å²) in [5.41, 5.74) is 1.72. The van der Waals surface area contributed by atoms with Crippen molar-refractivity contribution in [1.29, 1.82) is 0 Å². The van der Waals surface area contributed by atoms with Gasteiger partial charge in [0.05, 0.1) is 15.4 Å². The standard InChI is InChI=1S/C22H12F5NO5S/c1-10-2-4-13(15(8-10)28(29)30)12-6-7-32-16-9-11(3-5-14(12)16)34(31)33-22-20(26)18(24)17(23)19(25)21(22)27/h2-6,8-9H,7H2,1H3. The van der Waals surface area contributed by atoms with E-state index in [-0.39, 0.29) is 22.9 Å². The maximum Gasteiger partial charge on any atom is 0.277 e. The molecule has 0 amide bonds. The average Bonchev–Trinajstić information content (AvgIpc) is 2.83. The Hall–Kier alpha value is -3.80. The van der Waals surface area contributed by atoms with Gasteiger partial charge in [0.2, 0.25) is 45.9 Å². The number of benzene rings is 3. The number of nitro groups is 1. The van der Waals surface area contributed by atoms with Crippen LogP contribution in [-0.2, 0) is 11.1 Å². The van der Waals surface area contributed by atoms with E-state index in [0.29, 0.717) is 22.3 Å². The zero-order valence-corrected chi connectivity index (χ0v) is 17.9. The third kappa shape index (κ3) is 4.00. The zero-order chi connectivity index (χ0) is 24.7. The maximum absolute atomic E-state index is 13.9. The number of ether oxygens (including phenoxy) is 1. The molecule has 3 aromatic carbocycles. The van der Waals surface area contributed by atoms with Gasteiger partial charge < -0.3 is 8.92 Å². The number of hydrogen-bond donors (Lipinski definition) is 0. The molecule has 0 N–H and O–H groups in total. The Bertz CT molecular complexity index is 1380. The molecule has 34 heavy (non-hydrogen) atoms. The molecule has 0 fully saturated rings. The molecule has 4 rings (SSSR count). The second kappa shape index (κ2) is 8.86. The van der Waals surface area contributed by atoms with Crippen molar-refractivity contribution in [2.75, 3.05) is 6.61 Å². The minimum absolute atomic E-state index is 0.00193. The molecule has 176 valence electrons. The molecule has 1 aliphatic rings. The molecule has 1 aliphatic heterocycles. The molecule has 0 aromatic heterocycles. The summed E-state index contributed by atoms with van der Waals surface area (Å²) in [6, 6.07) is 8.46. The summed E-state index contributed by atoms with van der Waals surface area (Å²) in [5.74, 6) is -13.0. The van der Waals surface area contributed by atoms with Gasteiger partial charge in [-0.15, -0.1) is 0 Å². The van der Waals surface area contributed by atoms with Gasteiger partial charge in [0, 0.05) is 17.7 Å². The van der Waals surface area contributed by atoms with E-state index in [1.807, 2.05) is 0 Å². The molecule has 12 heteroatoms. The first kappa shape index (κ1) is 23.4. The summed E-state index contributed by atoms with van der Waals surface area (Å²) in [6.07, 6.45) is 1.61. The van der Waals surface area contributed by atoms with Gasteiger partial charge in [-0.3, -0.25) is 10.1 Å². The number of halogens is 5. The molecule has 0 saturated heterocycles. The second-order valence-electron chi connectivity index (χ2n) is 7.08. The van der Waals surface area contributed by atoms with Crippen LogP contribution in [0.5, 0.6) is 11.5 Å². The van der Waals surface area contributed by atoms with Gasteiger partial charge in [0.1, 0.15) is 12.4 Å². The molecule has 6 nitrogen and oxygen atoms in total. The Labute approximate surface area is 191 Å². The van der Waals surface area contributed by atoms with E-state index in [1.165, 1.54) is 24.3 Å². The fraction of sp³-hybridized carbons (Fsp3) is 0.0909. The zero-order valence-electron chi connectivity index (χ0n) is 17.0. The molecule has 1 atom stereocenters. The summed E-state index contributed by atoms with van der Waals surface area (Å²) < 4.78 is 90.2. The molecule has 0 bridgehead atoms. The smallest absolute Gasteiger partial charge is 0.277 e. The van der Waals surface area contributed by atoms with E-state index >= 15 is 0 Å². The first-order chi connectivity index (χ1) is 16.1. The topological polar surface area (TPSA) is 78.7 Å². The lowest BCUT2D eigenvalue weighted by Crippen LogP contribution is -2.11. The van der Waals surface area contributed by atoms with Crippen molar-refractivity contribution < 1.29 is 40.0 Å². The fourth-order valence-corrected chi connectivity index (χ4v) is 4.11. The third-order valence-electron chi connectivity index (χ3n) is 4.93. The Morgan fingerprint density at radius 1 is 0.941 bits per heavy atom. The molecule has 3 aromatic rings. The molecule has 0 aliphatic carbocycles. The van der Waals surface area contributed by atoms with Crippen LogP contribution >= 0.6 is 0 Å². The van der Waals surface area contributed by atoms with Crippen molar-refractivity contribution in [1.82, 2.24) is 0 Å². The van der Waals surface area contributed by atoms with E-state index < -0.39 is 50.8 Å². The van der Waals surface area contributed by atoms with Gasteiger partial charge in [0.25, 0.3) is 5.69 Å². The normalized spacial score (nSPS) is 13.5. The number of rotatable bonds is 5. The molecule has 0 saturated carbocycles. The van der Waals surface area contributed by atoms with Gasteiger partial charge in [-0.1, -0.05) is 6.07 Å². The van der Waals surface area contributed by atoms with E-state index in [9.17, 15) is 36.3 Å². The van der Waals surface area contributed by atoms with Crippen LogP contribution in [0.2, 0.25) is 0 Å². The van der Waals surface area contributed by atoms with Crippen molar-refractivity contribution in [2.24, 2.45) is 0 Å². The van der Waals surface area contributed by atoms with Crippen molar-refractivity contribution >= 4 is 22.3 Å². The van der Waals surface area contributed by atoms with Crippen LogP contribution in [0.4, 0.5) is 27.6 Å². The van der Waals surface area contributed by atoms with Crippen LogP contribution in [0.25, 0.3) is 5.57 Å². The first-order valence-electron chi connectivity index (χ1n) is 9.44. The van der Waals surface area contributed by atoms with E-state index in [1.54, 1.807) is 25.1 Å². The van der Waals surface area contributed by atoms with Crippen molar-refractivity contribution in [3.8, 4) is 11.5 Å². The number of nitrogens with zero attached hydrogens (tertiary/aromatic N) is 1. The third-order valence-corrected chi connectivity index (χ3v) is 5.89. The lowest BCUT2D eigenvalue weighted by atomic mass is 9.93. The van der Waals surface area contributed by atoms with E-state index in [2.05, 4.69) is 4.18 Å². The SMILES string of the molecule is Cc1ccc(C2=CCOc3cc(S(=O)Oc4c(F)c(F)c(F)c(F)c4F)ccc32)c([N+](=O)[O-])c1. The van der Waals surface area contributed by atoms with Crippen LogP contribution in [0.3, 0.4) is 0 Å². The summed E-state index contributed by atoms with van der Waals surface area (Å²) >= 11 is -2.69. The Morgan fingerprint density at radius 2 is 1.56 bits per heavy atom. The van der Waals surface area contributed by atoms with Gasteiger partial charge >= 0.3 is 0 Å². The number of hydrogen-bond acceptors (Lipinski definition) is 5. The Kier molecular flexibility index (Phi) is 6.09. The van der Waals surface area contributed by atoms with Gasteiger partial charge in [-0.25, -0.2) is 17.4 Å². The predicted molar refractivity (Wildman–Crippen MR) is 110 cm³/mol. The number of aryl methyl sites for hydroxylation is 1. The number of nitro benzene ring substituents is 1. The van der Waals surface area contributed by atoms with Gasteiger partial charge in [0.15, 0.2) is 0 Å². The molecular weight excluding hydrogens is 485 g/mol. The minimum Gasteiger partial charge on any atom is -0.489 e. The summed E-state index contributed by atoms with van der Waals surface area (Å²) in [4.78, 5) is 10.8. The lowest BCUT2D eigenvalue weighted by Gasteiger charge is -2.20. The Balaban J connectivity index is 1.70. The highest BCUT2D eigenvalue weighted by Crippen LogP contribution is 2.39. The second-order valence-corrected chi connectivity index (χ2v) is 8.19. The maximum atomic E-state index is 13.9. The summed E-state index contributed by atoms with van der Waals surface area (Å²) in [5, 5.41) is 11.5. The van der Waals surface area contributed by atoms with Crippen molar-refractivity contribution in [3.05, 3.63) is 98.4 Å². The van der Waals surface area contributed by atoms with Crippen LogP contribution in [0.1, 0.15) is 16.7 Å².